The van der Waals surface area contributed by atoms with E-state index in [0.717, 1.165) is 26.1 Å². The molecule has 2 fully saturated rings. The second kappa shape index (κ2) is 7.19. The van der Waals surface area contributed by atoms with Gasteiger partial charge in [-0.3, -0.25) is 9.69 Å². The molecule has 2 saturated heterocycles. The van der Waals surface area contributed by atoms with Crippen LogP contribution in [-0.2, 0) is 4.79 Å². The zero-order valence-corrected chi connectivity index (χ0v) is 11.3. The lowest BCUT2D eigenvalue weighted by Gasteiger charge is -2.35. The second-order valence-corrected chi connectivity index (χ2v) is 4.94. The first kappa shape index (κ1) is 14.7. The van der Waals surface area contributed by atoms with Crippen LogP contribution in [0, 0.1) is 0 Å². The van der Waals surface area contributed by atoms with Crippen LogP contribution in [0.3, 0.4) is 0 Å². The maximum absolute atomic E-state index is 12.0. The smallest absolute Gasteiger partial charge is 0.236 e. The number of carbonyl (C=O) groups excluding carboxylic acids is 1. The normalized spacial score (nSPS) is 25.7. The van der Waals surface area contributed by atoms with Gasteiger partial charge in [-0.15, -0.1) is 12.4 Å². The molecule has 5 heteroatoms. The van der Waals surface area contributed by atoms with Crippen molar-refractivity contribution in [1.82, 2.24) is 9.80 Å². The van der Waals surface area contributed by atoms with Gasteiger partial charge >= 0.3 is 0 Å². The SMILES string of the molecule is Cl.NCC1CCCCN1CC(=O)N1CCCC1. The summed E-state index contributed by atoms with van der Waals surface area (Å²) < 4.78 is 0. The summed E-state index contributed by atoms with van der Waals surface area (Å²) in [5.74, 6) is 0.304. The average molecular weight is 262 g/mol. The van der Waals surface area contributed by atoms with Crippen LogP contribution in [0.1, 0.15) is 32.1 Å². The van der Waals surface area contributed by atoms with Crippen LogP contribution in [-0.4, -0.2) is 54.5 Å². The van der Waals surface area contributed by atoms with E-state index in [4.69, 9.17) is 5.73 Å². The second-order valence-electron chi connectivity index (χ2n) is 4.94. The van der Waals surface area contributed by atoms with Gasteiger partial charge in [-0.25, -0.2) is 0 Å². The molecule has 2 N–H and O–H groups in total. The Kier molecular flexibility index (Phi) is 6.23. The molecule has 0 aliphatic carbocycles. The van der Waals surface area contributed by atoms with E-state index in [-0.39, 0.29) is 12.4 Å². The molecule has 4 nitrogen and oxygen atoms in total. The number of amides is 1. The lowest BCUT2D eigenvalue weighted by molar-refractivity contribution is -0.132. The van der Waals surface area contributed by atoms with Crippen molar-refractivity contribution in [1.29, 1.82) is 0 Å². The number of rotatable bonds is 3. The molecule has 2 aliphatic heterocycles. The predicted molar refractivity (Wildman–Crippen MR) is 71.3 cm³/mol. The Bertz CT molecular complexity index is 244. The first-order chi connectivity index (χ1) is 7.81. The highest BCUT2D eigenvalue weighted by Crippen LogP contribution is 2.17. The fourth-order valence-electron chi connectivity index (χ4n) is 2.78. The van der Waals surface area contributed by atoms with Crippen molar-refractivity contribution in [2.75, 3.05) is 32.7 Å². The monoisotopic (exact) mass is 261 g/mol. The summed E-state index contributed by atoms with van der Waals surface area (Å²) in [5.41, 5.74) is 5.76. The maximum Gasteiger partial charge on any atom is 0.236 e. The van der Waals surface area contributed by atoms with E-state index in [1.165, 1.54) is 25.7 Å². The molecule has 100 valence electrons. The number of nitrogens with two attached hydrogens (primary N) is 1. The Morgan fingerprint density at radius 2 is 1.76 bits per heavy atom. The van der Waals surface area contributed by atoms with E-state index in [2.05, 4.69) is 4.90 Å². The molecule has 2 rings (SSSR count). The van der Waals surface area contributed by atoms with Crippen LogP contribution in [0.2, 0.25) is 0 Å². The molecule has 0 saturated carbocycles. The number of likely N-dealkylation sites (tertiary alicyclic amines) is 2. The van der Waals surface area contributed by atoms with E-state index >= 15 is 0 Å². The number of carbonyl (C=O) groups is 1. The molecule has 2 heterocycles. The Hall–Kier alpha value is -0.320. The van der Waals surface area contributed by atoms with Crippen LogP contribution in [0.5, 0.6) is 0 Å². The van der Waals surface area contributed by atoms with Gasteiger partial charge in [0.25, 0.3) is 0 Å². The van der Waals surface area contributed by atoms with E-state index < -0.39 is 0 Å². The zero-order chi connectivity index (χ0) is 11.4. The number of hydrogen-bond acceptors (Lipinski definition) is 3. The molecule has 0 aromatic rings. The average Bonchev–Trinajstić information content (AvgIpc) is 2.83. The Balaban J connectivity index is 0.00000144. The lowest BCUT2D eigenvalue weighted by Crippen LogP contribution is -2.49. The van der Waals surface area contributed by atoms with Crippen LogP contribution < -0.4 is 5.73 Å². The molecule has 2 aliphatic rings. The minimum Gasteiger partial charge on any atom is -0.342 e. The number of halogens is 1. The van der Waals surface area contributed by atoms with Gasteiger partial charge in [0.15, 0.2) is 0 Å². The summed E-state index contributed by atoms with van der Waals surface area (Å²) in [7, 11) is 0. The summed E-state index contributed by atoms with van der Waals surface area (Å²) in [6.45, 7) is 4.23. The topological polar surface area (TPSA) is 49.6 Å². The maximum atomic E-state index is 12.0. The summed E-state index contributed by atoms with van der Waals surface area (Å²) in [6.07, 6.45) is 5.97. The summed E-state index contributed by atoms with van der Waals surface area (Å²) in [4.78, 5) is 16.3. The quantitative estimate of drug-likeness (QED) is 0.819. The standard InChI is InChI=1S/C12H23N3O.ClH/c13-9-11-5-1-2-8-15(11)10-12(16)14-6-3-4-7-14;/h11H,1-10,13H2;1H. The van der Waals surface area contributed by atoms with Gasteiger partial charge in [0.05, 0.1) is 6.54 Å². The highest BCUT2D eigenvalue weighted by Gasteiger charge is 2.26. The first-order valence-electron chi connectivity index (χ1n) is 6.53. The molecule has 0 radical (unpaired) electrons. The van der Waals surface area contributed by atoms with Gasteiger partial charge in [-0.05, 0) is 32.2 Å². The van der Waals surface area contributed by atoms with Crippen molar-refractivity contribution in [2.45, 2.75) is 38.1 Å². The van der Waals surface area contributed by atoms with Crippen LogP contribution in [0.15, 0.2) is 0 Å². The van der Waals surface area contributed by atoms with Crippen molar-refractivity contribution in [3.63, 3.8) is 0 Å². The molecule has 17 heavy (non-hydrogen) atoms. The minimum atomic E-state index is 0. The van der Waals surface area contributed by atoms with Crippen LogP contribution >= 0.6 is 12.4 Å². The third-order valence-corrected chi connectivity index (χ3v) is 3.82. The third kappa shape index (κ3) is 3.83. The van der Waals surface area contributed by atoms with Gasteiger partial charge in [0, 0.05) is 25.7 Å². The number of hydrogen-bond donors (Lipinski definition) is 1. The van der Waals surface area contributed by atoms with E-state index in [1.807, 2.05) is 4.90 Å². The Morgan fingerprint density at radius 3 is 2.41 bits per heavy atom. The summed E-state index contributed by atoms with van der Waals surface area (Å²) >= 11 is 0. The first-order valence-corrected chi connectivity index (χ1v) is 6.53. The van der Waals surface area contributed by atoms with Gasteiger partial charge in [-0.1, -0.05) is 6.42 Å². The van der Waals surface area contributed by atoms with Crippen LogP contribution in [0.4, 0.5) is 0 Å². The molecule has 1 unspecified atom stereocenters. The van der Waals surface area contributed by atoms with Crippen molar-refractivity contribution in [2.24, 2.45) is 5.73 Å². The van der Waals surface area contributed by atoms with E-state index in [1.54, 1.807) is 0 Å². The molecule has 1 atom stereocenters. The van der Waals surface area contributed by atoms with Crippen LogP contribution in [0.25, 0.3) is 0 Å². The Morgan fingerprint density at radius 1 is 1.12 bits per heavy atom. The van der Waals surface area contributed by atoms with Gasteiger partial charge in [0.1, 0.15) is 0 Å². The molecule has 0 bridgehead atoms. The fraction of sp³-hybridized carbons (Fsp3) is 0.917. The third-order valence-electron chi connectivity index (χ3n) is 3.82. The molecule has 0 aromatic heterocycles. The molecule has 0 spiro atoms. The van der Waals surface area contributed by atoms with Crippen molar-refractivity contribution in [3.8, 4) is 0 Å². The van der Waals surface area contributed by atoms with E-state index in [9.17, 15) is 4.79 Å². The summed E-state index contributed by atoms with van der Waals surface area (Å²) in [5, 5.41) is 0. The largest absolute Gasteiger partial charge is 0.342 e. The number of nitrogens with zero attached hydrogens (tertiary/aromatic N) is 2. The van der Waals surface area contributed by atoms with Crippen molar-refractivity contribution < 1.29 is 4.79 Å². The van der Waals surface area contributed by atoms with Crippen molar-refractivity contribution >= 4 is 18.3 Å². The van der Waals surface area contributed by atoms with Gasteiger partial charge in [0.2, 0.25) is 5.91 Å². The molecular formula is C12H24ClN3O. The minimum absolute atomic E-state index is 0. The highest BCUT2D eigenvalue weighted by molar-refractivity contribution is 5.85. The summed E-state index contributed by atoms with van der Waals surface area (Å²) in [6, 6.07) is 0.431. The highest BCUT2D eigenvalue weighted by atomic mass is 35.5. The number of piperidine rings is 1. The molecular weight excluding hydrogens is 238 g/mol. The van der Waals surface area contributed by atoms with Gasteiger partial charge < -0.3 is 10.6 Å². The van der Waals surface area contributed by atoms with Crippen molar-refractivity contribution in [3.05, 3.63) is 0 Å². The zero-order valence-electron chi connectivity index (χ0n) is 10.4. The van der Waals surface area contributed by atoms with Gasteiger partial charge in [-0.2, -0.15) is 0 Å². The lowest BCUT2D eigenvalue weighted by atomic mass is 10.0. The predicted octanol–water partition coefficient (Wildman–Crippen LogP) is 0.844. The molecule has 1 amide bonds. The fourth-order valence-corrected chi connectivity index (χ4v) is 2.78. The Labute approximate surface area is 110 Å². The van der Waals surface area contributed by atoms with E-state index in [0.29, 0.717) is 25.0 Å². The molecule has 0 aromatic carbocycles.